The SMILES string of the molecule is O=C(O)c1ccc2c(c1)CN(Cc1ccccn1)C2. The first-order valence-electron chi connectivity index (χ1n) is 6.20. The first-order valence-corrected chi connectivity index (χ1v) is 6.20. The Morgan fingerprint density at radius 2 is 2.05 bits per heavy atom. The first-order chi connectivity index (χ1) is 9.22. The molecular formula is C15H14N2O2. The van der Waals surface area contributed by atoms with Crippen molar-refractivity contribution in [3.63, 3.8) is 0 Å². The van der Waals surface area contributed by atoms with E-state index >= 15 is 0 Å². The van der Waals surface area contributed by atoms with Crippen LogP contribution in [0.15, 0.2) is 42.6 Å². The van der Waals surface area contributed by atoms with Gasteiger partial charge < -0.3 is 5.11 Å². The van der Waals surface area contributed by atoms with Crippen LogP contribution < -0.4 is 0 Å². The van der Waals surface area contributed by atoms with Crippen molar-refractivity contribution in [3.05, 3.63) is 65.0 Å². The summed E-state index contributed by atoms with van der Waals surface area (Å²) in [5.74, 6) is -0.869. The van der Waals surface area contributed by atoms with Gasteiger partial charge in [-0.1, -0.05) is 12.1 Å². The fraction of sp³-hybridized carbons (Fsp3) is 0.200. The third-order valence-electron chi connectivity index (χ3n) is 3.35. The average Bonchev–Trinajstić information content (AvgIpc) is 2.80. The monoisotopic (exact) mass is 254 g/mol. The molecule has 19 heavy (non-hydrogen) atoms. The molecule has 96 valence electrons. The number of nitrogens with zero attached hydrogens (tertiary/aromatic N) is 2. The van der Waals surface area contributed by atoms with Crippen LogP contribution in [0.2, 0.25) is 0 Å². The van der Waals surface area contributed by atoms with Crippen LogP contribution in [0.3, 0.4) is 0 Å². The zero-order chi connectivity index (χ0) is 13.2. The molecule has 0 amide bonds. The highest BCUT2D eigenvalue weighted by Gasteiger charge is 2.20. The van der Waals surface area contributed by atoms with E-state index < -0.39 is 5.97 Å². The number of pyridine rings is 1. The van der Waals surface area contributed by atoms with Crippen molar-refractivity contribution in [2.24, 2.45) is 0 Å². The van der Waals surface area contributed by atoms with E-state index in [1.54, 1.807) is 18.3 Å². The second kappa shape index (κ2) is 4.82. The molecule has 1 aromatic carbocycles. The molecule has 0 radical (unpaired) electrons. The molecule has 1 aliphatic heterocycles. The summed E-state index contributed by atoms with van der Waals surface area (Å²) in [6.45, 7) is 2.43. The minimum Gasteiger partial charge on any atom is -0.478 e. The molecule has 1 aromatic heterocycles. The van der Waals surface area contributed by atoms with Gasteiger partial charge in [0.25, 0.3) is 0 Å². The van der Waals surface area contributed by atoms with Gasteiger partial charge >= 0.3 is 5.97 Å². The fourth-order valence-electron chi connectivity index (χ4n) is 2.43. The zero-order valence-corrected chi connectivity index (χ0v) is 10.4. The Hall–Kier alpha value is -2.20. The highest BCUT2D eigenvalue weighted by atomic mass is 16.4. The molecule has 3 rings (SSSR count). The lowest BCUT2D eigenvalue weighted by atomic mass is 10.1. The third-order valence-corrected chi connectivity index (χ3v) is 3.35. The van der Waals surface area contributed by atoms with E-state index in [1.807, 2.05) is 24.3 Å². The maximum absolute atomic E-state index is 10.9. The summed E-state index contributed by atoms with van der Waals surface area (Å²) in [5.41, 5.74) is 3.71. The molecule has 0 fully saturated rings. The Morgan fingerprint density at radius 1 is 1.21 bits per heavy atom. The predicted molar refractivity (Wildman–Crippen MR) is 70.6 cm³/mol. The molecule has 0 atom stereocenters. The van der Waals surface area contributed by atoms with E-state index in [9.17, 15) is 4.79 Å². The minimum atomic E-state index is -0.869. The maximum atomic E-state index is 10.9. The van der Waals surface area contributed by atoms with Crippen LogP contribution in [0.25, 0.3) is 0 Å². The van der Waals surface area contributed by atoms with E-state index in [-0.39, 0.29) is 0 Å². The normalized spacial score (nSPS) is 14.3. The quantitative estimate of drug-likeness (QED) is 0.913. The van der Waals surface area contributed by atoms with Crippen molar-refractivity contribution >= 4 is 5.97 Å². The van der Waals surface area contributed by atoms with E-state index in [0.29, 0.717) is 5.56 Å². The Balaban J connectivity index is 1.75. The Morgan fingerprint density at radius 3 is 2.79 bits per heavy atom. The number of benzene rings is 1. The molecule has 2 aromatic rings. The van der Waals surface area contributed by atoms with Crippen LogP contribution in [0.1, 0.15) is 27.2 Å². The summed E-state index contributed by atoms with van der Waals surface area (Å²) in [7, 11) is 0. The van der Waals surface area contributed by atoms with Gasteiger partial charge in [0.2, 0.25) is 0 Å². The van der Waals surface area contributed by atoms with Gasteiger partial charge in [0, 0.05) is 25.8 Å². The van der Waals surface area contributed by atoms with Crippen LogP contribution in [0.4, 0.5) is 0 Å². The number of carboxylic acids is 1. The number of hydrogen-bond acceptors (Lipinski definition) is 3. The minimum absolute atomic E-state index is 0.360. The van der Waals surface area contributed by atoms with Gasteiger partial charge in [-0.15, -0.1) is 0 Å². The van der Waals surface area contributed by atoms with Gasteiger partial charge in [0.05, 0.1) is 11.3 Å². The average molecular weight is 254 g/mol. The van der Waals surface area contributed by atoms with E-state index in [2.05, 4.69) is 9.88 Å². The fourth-order valence-corrected chi connectivity index (χ4v) is 2.43. The van der Waals surface area contributed by atoms with Crippen LogP contribution in [-0.2, 0) is 19.6 Å². The molecule has 4 heteroatoms. The van der Waals surface area contributed by atoms with E-state index in [4.69, 9.17) is 5.11 Å². The lowest BCUT2D eigenvalue weighted by molar-refractivity contribution is 0.0696. The smallest absolute Gasteiger partial charge is 0.335 e. The third kappa shape index (κ3) is 2.48. The van der Waals surface area contributed by atoms with E-state index in [1.165, 1.54) is 5.56 Å². The van der Waals surface area contributed by atoms with Gasteiger partial charge in [0.15, 0.2) is 0 Å². The molecule has 0 aliphatic carbocycles. The van der Waals surface area contributed by atoms with E-state index in [0.717, 1.165) is 30.9 Å². The standard InChI is InChI=1S/C15H14N2O2/c18-15(19)11-4-5-12-8-17(9-13(12)7-11)10-14-3-1-2-6-16-14/h1-7H,8-10H2,(H,18,19). The molecule has 0 saturated heterocycles. The van der Waals surface area contributed by atoms with Crippen molar-refractivity contribution in [1.82, 2.24) is 9.88 Å². The molecule has 0 bridgehead atoms. The molecule has 2 heterocycles. The lowest BCUT2D eigenvalue weighted by Crippen LogP contribution is -2.16. The summed E-state index contributed by atoms with van der Waals surface area (Å²) < 4.78 is 0. The van der Waals surface area contributed by atoms with Crippen molar-refractivity contribution in [3.8, 4) is 0 Å². The summed E-state index contributed by atoms with van der Waals surface area (Å²) in [5, 5.41) is 8.99. The molecule has 0 unspecified atom stereocenters. The van der Waals surface area contributed by atoms with Crippen molar-refractivity contribution in [2.75, 3.05) is 0 Å². The molecule has 0 spiro atoms. The Bertz CT molecular complexity index is 611. The number of fused-ring (bicyclic) bond motifs is 1. The summed E-state index contributed by atoms with van der Waals surface area (Å²) >= 11 is 0. The first kappa shape index (κ1) is 11.9. The number of carbonyl (C=O) groups is 1. The number of carboxylic acid groups (broad SMARTS) is 1. The lowest BCUT2D eigenvalue weighted by Gasteiger charge is -2.13. The topological polar surface area (TPSA) is 53.4 Å². The number of aromatic carboxylic acids is 1. The highest BCUT2D eigenvalue weighted by molar-refractivity contribution is 5.87. The van der Waals surface area contributed by atoms with Crippen LogP contribution in [-0.4, -0.2) is 21.0 Å². The number of rotatable bonds is 3. The maximum Gasteiger partial charge on any atom is 0.335 e. The van der Waals surface area contributed by atoms with Gasteiger partial charge in [0.1, 0.15) is 0 Å². The Labute approximate surface area is 111 Å². The second-order valence-corrected chi connectivity index (χ2v) is 4.75. The summed E-state index contributed by atoms with van der Waals surface area (Å²) in [6, 6.07) is 11.2. The zero-order valence-electron chi connectivity index (χ0n) is 10.4. The highest BCUT2D eigenvalue weighted by Crippen LogP contribution is 2.25. The Kier molecular flexibility index (Phi) is 3.01. The van der Waals surface area contributed by atoms with Gasteiger partial charge in [-0.3, -0.25) is 9.88 Å². The second-order valence-electron chi connectivity index (χ2n) is 4.75. The van der Waals surface area contributed by atoms with Gasteiger partial charge in [-0.2, -0.15) is 0 Å². The van der Waals surface area contributed by atoms with Crippen LogP contribution in [0, 0.1) is 0 Å². The van der Waals surface area contributed by atoms with Crippen molar-refractivity contribution in [1.29, 1.82) is 0 Å². The van der Waals surface area contributed by atoms with Crippen molar-refractivity contribution in [2.45, 2.75) is 19.6 Å². The molecule has 1 N–H and O–H groups in total. The van der Waals surface area contributed by atoms with Crippen molar-refractivity contribution < 1.29 is 9.90 Å². The molecule has 0 saturated carbocycles. The van der Waals surface area contributed by atoms with Crippen LogP contribution in [0.5, 0.6) is 0 Å². The van der Waals surface area contributed by atoms with Crippen LogP contribution >= 0.6 is 0 Å². The summed E-state index contributed by atoms with van der Waals surface area (Å²) in [6.07, 6.45) is 1.79. The predicted octanol–water partition coefficient (Wildman–Crippen LogP) is 2.30. The largest absolute Gasteiger partial charge is 0.478 e. The molecule has 1 aliphatic rings. The summed E-state index contributed by atoms with van der Waals surface area (Å²) in [4.78, 5) is 17.5. The van der Waals surface area contributed by atoms with Gasteiger partial charge in [-0.05, 0) is 35.4 Å². The molecule has 4 nitrogen and oxygen atoms in total. The molecular weight excluding hydrogens is 240 g/mol. The van der Waals surface area contributed by atoms with Gasteiger partial charge in [-0.25, -0.2) is 4.79 Å². The number of hydrogen-bond donors (Lipinski definition) is 1. The number of aromatic nitrogens is 1.